The quantitative estimate of drug-likeness (QED) is 0.799. The van der Waals surface area contributed by atoms with Crippen LogP contribution in [-0.4, -0.2) is 18.1 Å². The van der Waals surface area contributed by atoms with Crippen molar-refractivity contribution < 1.29 is 14.6 Å². The van der Waals surface area contributed by atoms with Crippen LogP contribution >= 0.6 is 23.2 Å². The summed E-state index contributed by atoms with van der Waals surface area (Å²) in [5.41, 5.74) is 3.63. The maximum atomic E-state index is 10.8. The van der Waals surface area contributed by atoms with E-state index >= 15 is 0 Å². The van der Waals surface area contributed by atoms with E-state index in [1.807, 2.05) is 32.2 Å². The maximum Gasteiger partial charge on any atom is 0.307 e. The Bertz CT molecular complexity index is 709. The minimum atomic E-state index is -0.940. The van der Waals surface area contributed by atoms with Gasteiger partial charge in [-0.1, -0.05) is 29.3 Å². The molecule has 6 heteroatoms. The maximum absolute atomic E-state index is 10.8. The van der Waals surface area contributed by atoms with E-state index in [1.54, 1.807) is 12.1 Å². The second-order valence-corrected chi connectivity index (χ2v) is 6.02. The van der Waals surface area contributed by atoms with Gasteiger partial charge in [0.25, 0.3) is 0 Å². The number of rotatable bonds is 6. The number of aryl methyl sites for hydroxylation is 1. The van der Waals surface area contributed by atoms with Gasteiger partial charge < -0.3 is 15.2 Å². The third-order valence-electron chi connectivity index (χ3n) is 3.22. The zero-order chi connectivity index (χ0) is 17.0. The first kappa shape index (κ1) is 17.4. The van der Waals surface area contributed by atoms with Crippen LogP contribution in [0.3, 0.4) is 0 Å². The minimum absolute atomic E-state index is 0.136. The van der Waals surface area contributed by atoms with Crippen LogP contribution in [-0.2, 0) is 17.8 Å². The van der Waals surface area contributed by atoms with Gasteiger partial charge in [0.05, 0.1) is 16.5 Å². The predicted molar refractivity (Wildman–Crippen MR) is 92.9 cm³/mol. The Kier molecular flexibility index (Phi) is 5.74. The summed E-state index contributed by atoms with van der Waals surface area (Å²) >= 11 is 12.3. The van der Waals surface area contributed by atoms with Crippen LogP contribution in [0.25, 0.3) is 0 Å². The highest BCUT2D eigenvalue weighted by molar-refractivity contribution is 6.37. The molecule has 0 heterocycles. The molecule has 0 fully saturated rings. The monoisotopic (exact) mass is 353 g/mol. The fourth-order valence-corrected chi connectivity index (χ4v) is 2.91. The molecule has 0 saturated heterocycles. The molecule has 0 bridgehead atoms. The van der Waals surface area contributed by atoms with Gasteiger partial charge in [-0.3, -0.25) is 4.79 Å². The summed E-state index contributed by atoms with van der Waals surface area (Å²) in [6.07, 6.45) is -0.136. The van der Waals surface area contributed by atoms with E-state index in [-0.39, 0.29) is 6.42 Å². The summed E-state index contributed by atoms with van der Waals surface area (Å²) in [5.74, 6) is -0.583. The Labute approximate surface area is 145 Å². The molecule has 0 amide bonds. The van der Waals surface area contributed by atoms with Crippen molar-refractivity contribution in [1.29, 1.82) is 0 Å². The van der Waals surface area contributed by atoms with Crippen LogP contribution in [0.4, 0.5) is 5.69 Å². The molecule has 0 unspecified atom stereocenters. The highest BCUT2D eigenvalue weighted by Crippen LogP contribution is 2.35. The Morgan fingerprint density at radius 2 is 1.78 bits per heavy atom. The van der Waals surface area contributed by atoms with E-state index in [1.165, 1.54) is 0 Å². The van der Waals surface area contributed by atoms with Crippen molar-refractivity contribution in [1.82, 2.24) is 0 Å². The number of ether oxygens (including phenoxy) is 1. The van der Waals surface area contributed by atoms with Crippen LogP contribution in [0, 0.1) is 6.92 Å². The number of nitrogens with one attached hydrogen (secondary N) is 1. The molecule has 0 radical (unpaired) electrons. The molecule has 0 aliphatic rings. The fraction of sp³-hybridized carbons (Fsp3) is 0.235. The number of carboxylic acid groups (broad SMARTS) is 1. The van der Waals surface area contributed by atoms with Crippen LogP contribution in [0.5, 0.6) is 5.75 Å². The Hall–Kier alpha value is -1.91. The molecular weight excluding hydrogens is 337 g/mol. The number of anilines is 1. The molecule has 0 aliphatic heterocycles. The summed E-state index contributed by atoms with van der Waals surface area (Å²) in [6, 6.07) is 9.15. The first-order chi connectivity index (χ1) is 10.9. The molecule has 2 rings (SSSR count). The number of hydrogen-bond donors (Lipinski definition) is 2. The Balaban J connectivity index is 2.17. The Morgan fingerprint density at radius 1 is 1.13 bits per heavy atom. The largest absolute Gasteiger partial charge is 0.486 e. The molecule has 0 atom stereocenters. The van der Waals surface area contributed by atoms with Crippen LogP contribution in [0.1, 0.15) is 16.7 Å². The van der Waals surface area contributed by atoms with E-state index in [2.05, 4.69) is 5.32 Å². The van der Waals surface area contributed by atoms with Gasteiger partial charge in [0.2, 0.25) is 0 Å². The summed E-state index contributed by atoms with van der Waals surface area (Å²) in [5, 5.41) is 12.5. The van der Waals surface area contributed by atoms with Crippen LogP contribution in [0.15, 0.2) is 30.3 Å². The summed E-state index contributed by atoms with van der Waals surface area (Å²) in [6.45, 7) is 2.32. The first-order valence-corrected chi connectivity index (χ1v) is 7.75. The van der Waals surface area contributed by atoms with Crippen LogP contribution < -0.4 is 10.1 Å². The molecule has 23 heavy (non-hydrogen) atoms. The van der Waals surface area contributed by atoms with E-state index in [4.69, 9.17) is 33.0 Å². The third kappa shape index (κ3) is 4.78. The summed E-state index contributed by atoms with van der Waals surface area (Å²) in [7, 11) is 1.86. The molecule has 0 aromatic heterocycles. The molecule has 0 spiro atoms. The van der Waals surface area contributed by atoms with E-state index in [0.29, 0.717) is 28.0 Å². The van der Waals surface area contributed by atoms with Gasteiger partial charge in [0, 0.05) is 12.7 Å². The van der Waals surface area contributed by atoms with Gasteiger partial charge in [0.15, 0.2) is 5.75 Å². The lowest BCUT2D eigenvalue weighted by Crippen LogP contribution is -2.02. The number of benzene rings is 2. The van der Waals surface area contributed by atoms with Crippen molar-refractivity contribution in [2.45, 2.75) is 20.0 Å². The summed E-state index contributed by atoms with van der Waals surface area (Å²) in [4.78, 5) is 10.8. The van der Waals surface area contributed by atoms with E-state index in [0.717, 1.165) is 16.8 Å². The van der Waals surface area contributed by atoms with Crippen molar-refractivity contribution in [3.05, 3.63) is 57.1 Å². The average molecular weight is 354 g/mol. The zero-order valence-electron chi connectivity index (χ0n) is 12.8. The first-order valence-electron chi connectivity index (χ1n) is 7.00. The van der Waals surface area contributed by atoms with Gasteiger partial charge in [-0.15, -0.1) is 0 Å². The highest BCUT2D eigenvalue weighted by Gasteiger charge is 2.12. The number of aliphatic carboxylic acids is 1. The predicted octanol–water partition coefficient (Wildman–Crippen LogP) is 4.55. The fourth-order valence-electron chi connectivity index (χ4n) is 2.27. The van der Waals surface area contributed by atoms with Crippen molar-refractivity contribution >= 4 is 34.9 Å². The van der Waals surface area contributed by atoms with Crippen molar-refractivity contribution in [2.75, 3.05) is 12.4 Å². The Morgan fingerprint density at radius 3 is 2.35 bits per heavy atom. The molecule has 2 aromatic rings. The lowest BCUT2D eigenvalue weighted by atomic mass is 10.1. The van der Waals surface area contributed by atoms with Crippen molar-refractivity contribution in [3.63, 3.8) is 0 Å². The molecular formula is C17H17Cl2NO3. The van der Waals surface area contributed by atoms with E-state index in [9.17, 15) is 4.79 Å². The summed E-state index contributed by atoms with van der Waals surface area (Å²) < 4.78 is 5.73. The highest BCUT2D eigenvalue weighted by atomic mass is 35.5. The standard InChI is InChI=1S/C17H17Cl2NO3/c1-10-3-12(5-13(4-10)20-2)9-23-17-14(18)6-11(7-15(17)19)8-16(21)22/h3-7,20H,8-9H2,1-2H3,(H,21,22). The van der Waals surface area contributed by atoms with Crippen LogP contribution in [0.2, 0.25) is 10.0 Å². The number of carbonyl (C=O) groups is 1. The topological polar surface area (TPSA) is 58.6 Å². The molecule has 0 aliphatic carbocycles. The van der Waals surface area contributed by atoms with Gasteiger partial charge >= 0.3 is 5.97 Å². The van der Waals surface area contributed by atoms with Gasteiger partial charge in [-0.2, -0.15) is 0 Å². The zero-order valence-corrected chi connectivity index (χ0v) is 14.3. The van der Waals surface area contributed by atoms with Gasteiger partial charge in [-0.25, -0.2) is 0 Å². The van der Waals surface area contributed by atoms with E-state index < -0.39 is 5.97 Å². The number of halogens is 2. The molecule has 4 nitrogen and oxygen atoms in total. The normalized spacial score (nSPS) is 10.4. The lowest BCUT2D eigenvalue weighted by Gasteiger charge is -2.13. The smallest absolute Gasteiger partial charge is 0.307 e. The molecule has 0 saturated carbocycles. The molecule has 122 valence electrons. The number of carboxylic acids is 1. The molecule has 2 N–H and O–H groups in total. The van der Waals surface area contributed by atoms with Gasteiger partial charge in [0.1, 0.15) is 6.61 Å². The average Bonchev–Trinajstić information content (AvgIpc) is 2.45. The van der Waals surface area contributed by atoms with Crippen molar-refractivity contribution in [3.8, 4) is 5.75 Å². The second-order valence-electron chi connectivity index (χ2n) is 5.21. The third-order valence-corrected chi connectivity index (χ3v) is 3.78. The SMILES string of the molecule is CNc1cc(C)cc(COc2c(Cl)cc(CC(=O)O)cc2Cl)c1. The van der Waals surface area contributed by atoms with Crippen molar-refractivity contribution in [2.24, 2.45) is 0 Å². The second kappa shape index (κ2) is 7.57. The number of hydrogen-bond acceptors (Lipinski definition) is 3. The van der Waals surface area contributed by atoms with Gasteiger partial charge in [-0.05, 0) is 47.9 Å². The lowest BCUT2D eigenvalue weighted by molar-refractivity contribution is -0.136. The molecule has 2 aromatic carbocycles. The minimum Gasteiger partial charge on any atom is -0.486 e.